The van der Waals surface area contributed by atoms with Crippen LogP contribution in [0.1, 0.15) is 80.1 Å². The molecule has 8 nitrogen and oxygen atoms in total. The maximum absolute atomic E-state index is 14.1. The third kappa shape index (κ3) is 3.11. The minimum atomic E-state index is -1.88. The Balaban J connectivity index is 1.53. The Morgan fingerprint density at radius 3 is 2.38 bits per heavy atom. The third-order valence-corrected chi connectivity index (χ3v) is 11.9. The van der Waals surface area contributed by atoms with Crippen LogP contribution in [0.15, 0.2) is 11.6 Å². The normalized spacial score (nSPS) is 49.2. The molecule has 37 heavy (non-hydrogen) atoms. The van der Waals surface area contributed by atoms with Gasteiger partial charge in [0.15, 0.2) is 11.6 Å². The van der Waals surface area contributed by atoms with Gasteiger partial charge in [0, 0.05) is 36.0 Å². The molecule has 0 aliphatic heterocycles. The largest absolute Gasteiger partial charge is 0.393 e. The molecule has 5 aliphatic carbocycles. The molecule has 206 valence electrons. The summed E-state index contributed by atoms with van der Waals surface area (Å²) in [7, 11) is 0. The Hall–Kier alpha value is -1.45. The summed E-state index contributed by atoms with van der Waals surface area (Å²) in [4.78, 5) is 40.2. The first kappa shape index (κ1) is 27.1. The van der Waals surface area contributed by atoms with Gasteiger partial charge in [-0.1, -0.05) is 39.3 Å². The van der Waals surface area contributed by atoms with Crippen molar-refractivity contribution in [3.8, 4) is 0 Å². The first-order chi connectivity index (χ1) is 16.8. The van der Waals surface area contributed by atoms with Crippen LogP contribution in [-0.2, 0) is 14.4 Å². The molecular formula is C29H42O8. The first-order valence-corrected chi connectivity index (χ1v) is 13.6. The van der Waals surface area contributed by atoms with E-state index < -0.39 is 69.3 Å². The molecule has 0 radical (unpaired) electrons. The second-order valence-electron chi connectivity index (χ2n) is 14.4. The van der Waals surface area contributed by atoms with E-state index >= 15 is 0 Å². The molecule has 5 N–H and O–H groups in total. The second kappa shape index (κ2) is 7.60. The van der Waals surface area contributed by atoms with Gasteiger partial charge in [-0.3, -0.25) is 14.4 Å². The number of hydrogen-bond donors (Lipinski definition) is 5. The second-order valence-corrected chi connectivity index (χ2v) is 14.4. The Bertz CT molecular complexity index is 1100. The molecule has 1 unspecified atom stereocenters. The van der Waals surface area contributed by atoms with Crippen LogP contribution >= 0.6 is 0 Å². The van der Waals surface area contributed by atoms with Crippen molar-refractivity contribution < 1.29 is 39.9 Å². The van der Waals surface area contributed by atoms with Crippen LogP contribution in [0.2, 0.25) is 0 Å². The third-order valence-electron chi connectivity index (χ3n) is 11.9. The van der Waals surface area contributed by atoms with Crippen molar-refractivity contribution in [2.75, 3.05) is 0 Å². The molecule has 1 spiro atoms. The van der Waals surface area contributed by atoms with Crippen molar-refractivity contribution in [3.05, 3.63) is 11.6 Å². The lowest BCUT2D eigenvalue weighted by molar-refractivity contribution is -0.252. The SMILES string of the molecule is CC(C)(O)C(O)CC(=O)[C@@]1(O)C[C@]23CC(=O)[C@@]4(C)[C@@H]5CC(=O)[C@@H](O)C(C)(C)C5=CC[C@H]4[C@]2(C)C[C@@H](O)[C@@H]31. The fourth-order valence-electron chi connectivity index (χ4n) is 9.66. The van der Waals surface area contributed by atoms with Gasteiger partial charge in [0.1, 0.15) is 17.5 Å². The summed E-state index contributed by atoms with van der Waals surface area (Å²) in [6.07, 6.45) is -0.739. The van der Waals surface area contributed by atoms with Gasteiger partial charge in [-0.2, -0.15) is 0 Å². The van der Waals surface area contributed by atoms with E-state index in [1.54, 1.807) is 0 Å². The van der Waals surface area contributed by atoms with Gasteiger partial charge in [0.2, 0.25) is 0 Å². The van der Waals surface area contributed by atoms with E-state index in [1.165, 1.54) is 13.8 Å². The van der Waals surface area contributed by atoms with Crippen LogP contribution in [0, 0.1) is 39.4 Å². The lowest BCUT2D eigenvalue weighted by Gasteiger charge is -2.70. The van der Waals surface area contributed by atoms with E-state index in [-0.39, 0.29) is 42.7 Å². The molecule has 0 aromatic heterocycles. The average Bonchev–Trinajstić information content (AvgIpc) is 2.94. The summed E-state index contributed by atoms with van der Waals surface area (Å²) in [5, 5.41) is 53.9. The average molecular weight is 519 g/mol. The van der Waals surface area contributed by atoms with E-state index in [2.05, 4.69) is 13.0 Å². The molecule has 0 aromatic carbocycles. The zero-order valence-corrected chi connectivity index (χ0v) is 22.7. The van der Waals surface area contributed by atoms with E-state index in [9.17, 15) is 39.9 Å². The first-order valence-electron chi connectivity index (χ1n) is 13.6. The quantitative estimate of drug-likeness (QED) is 0.351. The van der Waals surface area contributed by atoms with E-state index in [4.69, 9.17) is 0 Å². The Labute approximate surface area is 218 Å². The maximum Gasteiger partial charge on any atom is 0.167 e. The Morgan fingerprint density at radius 2 is 1.78 bits per heavy atom. The number of hydrogen-bond acceptors (Lipinski definition) is 8. The summed E-state index contributed by atoms with van der Waals surface area (Å²) in [6.45, 7) is 10.5. The standard InChI is InChI=1S/C29H42O8/c1-24(2)14-7-8-18-26(5)11-17(31)22-28(26,13-29(22,37)20(33)10-19(32)25(3,4)36)12-21(34)27(18,6)15(14)9-16(30)23(24)35/h7,15,17-19,22-23,31-32,35-37H,8-13H2,1-6H3/t15-,17-,18+,19?,22+,23-,26+,27+,28+,29+/m1/s1. The molecule has 0 heterocycles. The van der Waals surface area contributed by atoms with Crippen molar-refractivity contribution in [2.45, 2.75) is 110 Å². The monoisotopic (exact) mass is 518 g/mol. The number of allylic oxidation sites excluding steroid dienone is 1. The summed E-state index contributed by atoms with van der Waals surface area (Å²) in [6, 6.07) is 0. The number of carbonyl (C=O) groups is 3. The minimum Gasteiger partial charge on any atom is -0.393 e. The number of rotatable bonds is 4. The number of fused-ring (bicyclic) bond motifs is 4. The van der Waals surface area contributed by atoms with Crippen LogP contribution in [0.5, 0.6) is 0 Å². The molecule has 8 heteroatoms. The fraction of sp³-hybridized carbons (Fsp3) is 0.828. The smallest absolute Gasteiger partial charge is 0.167 e. The summed E-state index contributed by atoms with van der Waals surface area (Å²) in [5.74, 6) is -2.27. The lowest BCUT2D eigenvalue weighted by Crippen LogP contribution is -2.74. The minimum absolute atomic E-state index is 0.0179. The lowest BCUT2D eigenvalue weighted by atomic mass is 9.33. The number of ketones is 3. The molecule has 4 fully saturated rings. The van der Waals surface area contributed by atoms with Crippen molar-refractivity contribution in [1.82, 2.24) is 0 Å². The summed E-state index contributed by atoms with van der Waals surface area (Å²) < 4.78 is 0. The Kier molecular flexibility index (Phi) is 5.57. The van der Waals surface area contributed by atoms with Crippen molar-refractivity contribution in [2.24, 2.45) is 39.4 Å². The van der Waals surface area contributed by atoms with Gasteiger partial charge in [-0.25, -0.2) is 0 Å². The molecule has 0 amide bonds. The number of carbonyl (C=O) groups excluding carboxylic acids is 3. The van der Waals surface area contributed by atoms with Gasteiger partial charge >= 0.3 is 0 Å². The van der Waals surface area contributed by atoms with Gasteiger partial charge in [-0.05, 0) is 55.8 Å². The van der Waals surface area contributed by atoms with Crippen molar-refractivity contribution in [1.29, 1.82) is 0 Å². The molecule has 4 saturated carbocycles. The van der Waals surface area contributed by atoms with Crippen LogP contribution in [0.25, 0.3) is 0 Å². The molecule has 5 rings (SSSR count). The van der Waals surface area contributed by atoms with Crippen LogP contribution in [0.3, 0.4) is 0 Å². The molecule has 5 aliphatic rings. The predicted octanol–water partition coefficient (Wildman–Crippen LogP) is 1.49. The topological polar surface area (TPSA) is 152 Å². The zero-order chi connectivity index (χ0) is 27.7. The molecular weight excluding hydrogens is 476 g/mol. The summed E-state index contributed by atoms with van der Waals surface area (Å²) >= 11 is 0. The highest BCUT2D eigenvalue weighted by Gasteiger charge is 2.82. The van der Waals surface area contributed by atoms with Crippen LogP contribution in [0.4, 0.5) is 0 Å². The van der Waals surface area contributed by atoms with Crippen LogP contribution in [-0.4, -0.2) is 72.4 Å². The van der Waals surface area contributed by atoms with Gasteiger partial charge in [0.25, 0.3) is 0 Å². The Morgan fingerprint density at radius 1 is 1.16 bits per heavy atom. The fourth-order valence-corrected chi connectivity index (χ4v) is 9.66. The molecule has 0 bridgehead atoms. The highest BCUT2D eigenvalue weighted by atomic mass is 16.3. The van der Waals surface area contributed by atoms with Gasteiger partial charge in [-0.15, -0.1) is 0 Å². The van der Waals surface area contributed by atoms with E-state index in [0.29, 0.717) is 12.8 Å². The molecule has 0 saturated heterocycles. The van der Waals surface area contributed by atoms with Gasteiger partial charge < -0.3 is 25.5 Å². The highest BCUT2D eigenvalue weighted by Crippen LogP contribution is 2.80. The summed E-state index contributed by atoms with van der Waals surface area (Å²) in [5.41, 5.74) is -5.41. The van der Waals surface area contributed by atoms with Crippen molar-refractivity contribution in [3.63, 3.8) is 0 Å². The van der Waals surface area contributed by atoms with E-state index in [1.807, 2.05) is 20.8 Å². The highest BCUT2D eigenvalue weighted by molar-refractivity contribution is 5.94. The molecule has 10 atom stereocenters. The number of aliphatic hydroxyl groups is 5. The number of Topliss-reactive ketones (excluding diaryl/α,β-unsaturated/α-hetero) is 3. The van der Waals surface area contributed by atoms with Crippen molar-refractivity contribution >= 4 is 17.3 Å². The maximum atomic E-state index is 14.1. The molecule has 0 aromatic rings. The van der Waals surface area contributed by atoms with E-state index in [0.717, 1.165) is 5.57 Å². The number of aliphatic hydroxyl groups excluding tert-OH is 3. The predicted molar refractivity (Wildman–Crippen MR) is 133 cm³/mol. The van der Waals surface area contributed by atoms with Gasteiger partial charge in [0.05, 0.1) is 17.8 Å². The zero-order valence-electron chi connectivity index (χ0n) is 22.7. The van der Waals surface area contributed by atoms with Crippen LogP contribution < -0.4 is 0 Å².